The molecule has 4 heteroatoms. The Morgan fingerprint density at radius 2 is 1.64 bits per heavy atom. The van der Waals surface area contributed by atoms with Crippen LogP contribution in [0.15, 0.2) is 59.4 Å². The summed E-state index contributed by atoms with van der Waals surface area (Å²) in [4.78, 5) is 27.3. The molecular formula is C18H11NO3. The summed E-state index contributed by atoms with van der Waals surface area (Å²) < 4.78 is 5.36. The number of H-pyrrole nitrogens is 1. The van der Waals surface area contributed by atoms with E-state index < -0.39 is 5.97 Å². The Kier molecular flexibility index (Phi) is 2.69. The fraction of sp³-hybridized carbons (Fsp3) is 0. The fourth-order valence-electron chi connectivity index (χ4n) is 2.66. The zero-order valence-electron chi connectivity index (χ0n) is 11.5. The molecule has 0 spiro atoms. The number of carbonyl (C=O) groups excluding carboxylic acids is 1. The molecule has 4 nitrogen and oxygen atoms in total. The van der Waals surface area contributed by atoms with E-state index in [-0.39, 0.29) is 11.1 Å². The number of aromatic amines is 1. The predicted octanol–water partition coefficient (Wildman–Crippen LogP) is 2.99. The number of hydrogen-bond acceptors (Lipinski definition) is 3. The SMILES string of the molecule is O=C1Oc2c(c(=O)[nH]c3ccccc23)/C1=C/c1ccccc1. The van der Waals surface area contributed by atoms with Gasteiger partial charge >= 0.3 is 5.97 Å². The first kappa shape index (κ1) is 12.6. The van der Waals surface area contributed by atoms with Crippen LogP contribution in [0.2, 0.25) is 0 Å². The zero-order chi connectivity index (χ0) is 15.1. The minimum Gasteiger partial charge on any atom is -0.421 e. The fourth-order valence-corrected chi connectivity index (χ4v) is 2.66. The van der Waals surface area contributed by atoms with Crippen molar-refractivity contribution in [2.24, 2.45) is 0 Å². The normalized spacial score (nSPS) is 15.1. The molecule has 1 N–H and O–H groups in total. The van der Waals surface area contributed by atoms with Crippen LogP contribution in [0.3, 0.4) is 0 Å². The molecule has 0 bridgehead atoms. The molecule has 3 aromatic rings. The van der Waals surface area contributed by atoms with Crippen molar-refractivity contribution < 1.29 is 9.53 Å². The predicted molar refractivity (Wildman–Crippen MR) is 84.5 cm³/mol. The van der Waals surface area contributed by atoms with E-state index in [1.807, 2.05) is 48.5 Å². The summed E-state index contributed by atoms with van der Waals surface area (Å²) in [5, 5.41) is 0.724. The quantitative estimate of drug-likeness (QED) is 0.553. The average Bonchev–Trinajstić information content (AvgIpc) is 2.86. The number of aromatic nitrogens is 1. The number of fused-ring (bicyclic) bond motifs is 3. The molecular weight excluding hydrogens is 278 g/mol. The van der Waals surface area contributed by atoms with Gasteiger partial charge in [-0.25, -0.2) is 4.79 Å². The molecule has 0 radical (unpaired) electrons. The Hall–Kier alpha value is -3.14. The van der Waals surface area contributed by atoms with Crippen molar-refractivity contribution in [1.82, 2.24) is 4.98 Å². The molecule has 2 aromatic carbocycles. The zero-order valence-corrected chi connectivity index (χ0v) is 11.5. The maximum Gasteiger partial charge on any atom is 0.344 e. The average molecular weight is 289 g/mol. The van der Waals surface area contributed by atoms with Gasteiger partial charge in [-0.2, -0.15) is 0 Å². The smallest absolute Gasteiger partial charge is 0.344 e. The molecule has 0 atom stereocenters. The summed E-state index contributed by atoms with van der Waals surface area (Å²) in [6.07, 6.45) is 1.68. The number of hydrogen-bond donors (Lipinski definition) is 1. The van der Waals surface area contributed by atoms with Crippen molar-refractivity contribution in [2.75, 3.05) is 0 Å². The lowest BCUT2D eigenvalue weighted by Gasteiger charge is -2.02. The lowest BCUT2D eigenvalue weighted by atomic mass is 10.0. The Balaban J connectivity index is 2.01. The Labute approximate surface area is 125 Å². The molecule has 106 valence electrons. The van der Waals surface area contributed by atoms with E-state index in [0.717, 1.165) is 10.9 Å². The highest BCUT2D eigenvalue weighted by atomic mass is 16.5. The molecule has 0 aliphatic carbocycles. The van der Waals surface area contributed by atoms with Crippen molar-refractivity contribution in [3.8, 4) is 5.75 Å². The Morgan fingerprint density at radius 3 is 2.45 bits per heavy atom. The molecule has 22 heavy (non-hydrogen) atoms. The summed E-state index contributed by atoms with van der Waals surface area (Å²) in [5.41, 5.74) is 1.76. The van der Waals surface area contributed by atoms with Crippen LogP contribution >= 0.6 is 0 Å². The maximum absolute atomic E-state index is 12.3. The van der Waals surface area contributed by atoms with Crippen LogP contribution in [-0.2, 0) is 4.79 Å². The molecule has 1 aromatic heterocycles. The van der Waals surface area contributed by atoms with Gasteiger partial charge in [0.25, 0.3) is 5.56 Å². The first-order valence-electron chi connectivity index (χ1n) is 6.88. The lowest BCUT2D eigenvalue weighted by molar-refractivity contribution is -0.126. The highest BCUT2D eigenvalue weighted by Crippen LogP contribution is 2.37. The Bertz CT molecular complexity index is 984. The molecule has 4 rings (SSSR count). The molecule has 0 saturated carbocycles. The van der Waals surface area contributed by atoms with Gasteiger partial charge < -0.3 is 9.72 Å². The van der Waals surface area contributed by atoms with Crippen molar-refractivity contribution in [1.29, 1.82) is 0 Å². The number of pyridine rings is 1. The van der Waals surface area contributed by atoms with Crippen molar-refractivity contribution in [3.63, 3.8) is 0 Å². The van der Waals surface area contributed by atoms with Crippen LogP contribution in [0.4, 0.5) is 0 Å². The van der Waals surface area contributed by atoms with Crippen LogP contribution < -0.4 is 10.3 Å². The number of carbonyl (C=O) groups is 1. The van der Waals surface area contributed by atoms with E-state index in [2.05, 4.69) is 4.98 Å². The van der Waals surface area contributed by atoms with Gasteiger partial charge in [0.15, 0.2) is 5.75 Å². The minimum atomic E-state index is -0.499. The third-order valence-electron chi connectivity index (χ3n) is 3.67. The van der Waals surface area contributed by atoms with Crippen molar-refractivity contribution >= 4 is 28.5 Å². The number of esters is 1. The van der Waals surface area contributed by atoms with Gasteiger partial charge in [-0.05, 0) is 23.8 Å². The number of ether oxygens (including phenoxy) is 1. The molecule has 1 aliphatic heterocycles. The second kappa shape index (κ2) is 4.70. The standard InChI is InChI=1S/C18H11NO3/c20-17-15-13(10-11-6-2-1-3-7-11)18(21)22-16(15)12-8-4-5-9-14(12)19-17/h1-10H,(H,19,20)/b13-10-. The van der Waals surface area contributed by atoms with Crippen LogP contribution in [0.1, 0.15) is 11.1 Å². The van der Waals surface area contributed by atoms with Gasteiger partial charge in [0.2, 0.25) is 0 Å². The molecule has 0 fully saturated rings. The van der Waals surface area contributed by atoms with E-state index in [1.54, 1.807) is 12.1 Å². The van der Waals surface area contributed by atoms with E-state index in [4.69, 9.17) is 4.74 Å². The van der Waals surface area contributed by atoms with Crippen LogP contribution in [-0.4, -0.2) is 11.0 Å². The largest absolute Gasteiger partial charge is 0.421 e. The first-order valence-corrected chi connectivity index (χ1v) is 6.88. The summed E-state index contributed by atoms with van der Waals surface area (Å²) in [6, 6.07) is 16.6. The molecule has 0 saturated heterocycles. The summed E-state index contributed by atoms with van der Waals surface area (Å²) >= 11 is 0. The van der Waals surface area contributed by atoms with Crippen LogP contribution in [0.25, 0.3) is 22.6 Å². The third kappa shape index (κ3) is 1.85. The lowest BCUT2D eigenvalue weighted by Crippen LogP contribution is -2.10. The summed E-state index contributed by atoms with van der Waals surface area (Å²) in [7, 11) is 0. The topological polar surface area (TPSA) is 59.2 Å². The molecule has 2 heterocycles. The van der Waals surface area contributed by atoms with Gasteiger partial charge in [0.05, 0.1) is 16.7 Å². The Morgan fingerprint density at radius 1 is 0.909 bits per heavy atom. The summed E-state index contributed by atoms with van der Waals surface area (Å²) in [5.74, 6) is -0.160. The first-order chi connectivity index (χ1) is 10.7. The van der Waals surface area contributed by atoms with E-state index >= 15 is 0 Å². The number of benzene rings is 2. The number of nitrogens with one attached hydrogen (secondary N) is 1. The van der Waals surface area contributed by atoms with Gasteiger partial charge in [0, 0.05) is 5.39 Å². The maximum atomic E-state index is 12.3. The monoisotopic (exact) mass is 289 g/mol. The highest BCUT2D eigenvalue weighted by molar-refractivity contribution is 6.27. The number of rotatable bonds is 1. The van der Waals surface area contributed by atoms with E-state index in [1.165, 1.54) is 0 Å². The van der Waals surface area contributed by atoms with Gasteiger partial charge in [-0.1, -0.05) is 42.5 Å². The van der Waals surface area contributed by atoms with Crippen LogP contribution in [0, 0.1) is 0 Å². The van der Waals surface area contributed by atoms with Gasteiger partial charge in [-0.15, -0.1) is 0 Å². The summed E-state index contributed by atoms with van der Waals surface area (Å²) in [6.45, 7) is 0. The van der Waals surface area contributed by atoms with E-state index in [0.29, 0.717) is 16.8 Å². The second-order valence-corrected chi connectivity index (χ2v) is 5.06. The van der Waals surface area contributed by atoms with Crippen LogP contribution in [0.5, 0.6) is 5.75 Å². The number of para-hydroxylation sites is 1. The molecule has 1 aliphatic rings. The van der Waals surface area contributed by atoms with Crippen molar-refractivity contribution in [3.05, 3.63) is 76.1 Å². The van der Waals surface area contributed by atoms with Gasteiger partial charge in [0.1, 0.15) is 0 Å². The molecule has 0 amide bonds. The molecule has 0 unspecified atom stereocenters. The van der Waals surface area contributed by atoms with Gasteiger partial charge in [-0.3, -0.25) is 4.79 Å². The van der Waals surface area contributed by atoms with Crippen molar-refractivity contribution in [2.45, 2.75) is 0 Å². The highest BCUT2D eigenvalue weighted by Gasteiger charge is 2.31. The van der Waals surface area contributed by atoms with E-state index in [9.17, 15) is 9.59 Å². The minimum absolute atomic E-state index is 0.285. The third-order valence-corrected chi connectivity index (χ3v) is 3.67. The second-order valence-electron chi connectivity index (χ2n) is 5.06.